The van der Waals surface area contributed by atoms with E-state index in [0.717, 1.165) is 29.0 Å². The van der Waals surface area contributed by atoms with Gasteiger partial charge >= 0.3 is 0 Å². The monoisotopic (exact) mass is 462 g/mol. The SMILES string of the molecule is CCCCCCOc1ccc(NC(=O)c2c(O)c3cc(-c4ccccc4)sc3[nH]c2=O)cc1. The van der Waals surface area contributed by atoms with Crippen molar-refractivity contribution in [2.45, 2.75) is 32.6 Å². The number of carbonyl (C=O) groups is 1. The number of anilines is 1. The lowest BCUT2D eigenvalue weighted by Gasteiger charge is -2.09. The fourth-order valence-electron chi connectivity index (χ4n) is 3.57. The molecule has 0 saturated carbocycles. The topological polar surface area (TPSA) is 91.4 Å². The van der Waals surface area contributed by atoms with Gasteiger partial charge in [-0.05, 0) is 42.3 Å². The first kappa shape index (κ1) is 22.6. The molecule has 33 heavy (non-hydrogen) atoms. The number of carbonyl (C=O) groups excluding carboxylic acids is 1. The first-order valence-electron chi connectivity index (χ1n) is 11.0. The summed E-state index contributed by atoms with van der Waals surface area (Å²) in [5.74, 6) is -0.272. The molecule has 0 saturated heterocycles. The number of ether oxygens (including phenoxy) is 1. The van der Waals surface area contributed by atoms with Gasteiger partial charge in [0.1, 0.15) is 21.9 Å². The van der Waals surface area contributed by atoms with Crippen molar-refractivity contribution in [1.82, 2.24) is 4.98 Å². The quantitative estimate of drug-likeness (QED) is 0.259. The molecule has 2 heterocycles. The molecule has 0 unspecified atom stereocenters. The Kier molecular flexibility index (Phi) is 7.10. The molecular formula is C26H26N2O4S. The predicted octanol–water partition coefficient (Wildman–Crippen LogP) is 6.17. The summed E-state index contributed by atoms with van der Waals surface area (Å²) in [5.41, 5.74) is 0.535. The second kappa shape index (κ2) is 10.4. The zero-order valence-electron chi connectivity index (χ0n) is 18.4. The maximum Gasteiger partial charge on any atom is 0.265 e. The average molecular weight is 463 g/mol. The second-order valence-corrected chi connectivity index (χ2v) is 8.84. The van der Waals surface area contributed by atoms with Crippen LogP contribution >= 0.6 is 11.3 Å². The van der Waals surface area contributed by atoms with Crippen LogP contribution in [0.2, 0.25) is 0 Å². The first-order valence-corrected chi connectivity index (χ1v) is 11.9. The fourth-order valence-corrected chi connectivity index (χ4v) is 4.63. The van der Waals surface area contributed by atoms with Gasteiger partial charge in [-0.25, -0.2) is 0 Å². The maximum absolute atomic E-state index is 12.8. The van der Waals surface area contributed by atoms with E-state index < -0.39 is 11.5 Å². The Labute approximate surface area is 195 Å². The van der Waals surface area contributed by atoms with E-state index in [9.17, 15) is 14.7 Å². The number of amides is 1. The number of unbranched alkanes of at least 4 members (excludes halogenated alkanes) is 3. The first-order chi connectivity index (χ1) is 16.1. The molecule has 170 valence electrons. The van der Waals surface area contributed by atoms with Gasteiger partial charge in [0.2, 0.25) is 0 Å². The van der Waals surface area contributed by atoms with Crippen LogP contribution in [0.4, 0.5) is 5.69 Å². The molecular weight excluding hydrogens is 436 g/mol. The third kappa shape index (κ3) is 5.26. The Morgan fingerprint density at radius 1 is 1.06 bits per heavy atom. The number of rotatable bonds is 9. The lowest BCUT2D eigenvalue weighted by Crippen LogP contribution is -2.23. The molecule has 0 aliphatic rings. The summed E-state index contributed by atoms with van der Waals surface area (Å²) in [5, 5.41) is 13.9. The highest BCUT2D eigenvalue weighted by molar-refractivity contribution is 7.21. The number of fused-ring (bicyclic) bond motifs is 1. The van der Waals surface area contributed by atoms with Crippen LogP contribution in [-0.4, -0.2) is 22.6 Å². The van der Waals surface area contributed by atoms with Crippen LogP contribution in [0, 0.1) is 0 Å². The molecule has 7 heteroatoms. The highest BCUT2D eigenvalue weighted by Gasteiger charge is 2.21. The van der Waals surface area contributed by atoms with E-state index in [1.165, 1.54) is 24.2 Å². The molecule has 0 fully saturated rings. The standard InChI is InChI=1S/C26H26N2O4S/c1-2-3-4-8-15-32-19-13-11-18(12-14-19)27-24(30)22-23(29)20-16-21(17-9-6-5-7-10-17)33-26(20)28-25(22)31/h5-7,9-14,16H,2-4,8,15H2,1H3,(H,27,30)(H2,28,29,31). The van der Waals surface area contributed by atoms with Crippen molar-refractivity contribution in [2.75, 3.05) is 11.9 Å². The Morgan fingerprint density at radius 2 is 1.82 bits per heavy atom. The van der Waals surface area contributed by atoms with Gasteiger partial charge in [-0.1, -0.05) is 56.5 Å². The lowest BCUT2D eigenvalue weighted by atomic mass is 10.1. The molecule has 0 spiro atoms. The van der Waals surface area contributed by atoms with E-state index in [0.29, 0.717) is 22.5 Å². The van der Waals surface area contributed by atoms with Crippen molar-refractivity contribution in [3.63, 3.8) is 0 Å². The molecule has 4 rings (SSSR count). The number of thiophene rings is 1. The smallest absolute Gasteiger partial charge is 0.265 e. The molecule has 3 N–H and O–H groups in total. The number of aromatic hydroxyl groups is 1. The van der Waals surface area contributed by atoms with Crippen LogP contribution in [0.1, 0.15) is 43.0 Å². The predicted molar refractivity (Wildman–Crippen MR) is 134 cm³/mol. The van der Waals surface area contributed by atoms with Crippen LogP contribution < -0.4 is 15.6 Å². The van der Waals surface area contributed by atoms with Crippen molar-refractivity contribution in [3.05, 3.63) is 76.6 Å². The molecule has 0 radical (unpaired) electrons. The van der Waals surface area contributed by atoms with Crippen molar-refractivity contribution < 1.29 is 14.6 Å². The van der Waals surface area contributed by atoms with E-state index in [2.05, 4.69) is 17.2 Å². The molecule has 0 aliphatic carbocycles. The number of benzene rings is 2. The van der Waals surface area contributed by atoms with Crippen molar-refractivity contribution in [3.8, 4) is 21.9 Å². The van der Waals surface area contributed by atoms with E-state index >= 15 is 0 Å². The largest absolute Gasteiger partial charge is 0.506 e. The summed E-state index contributed by atoms with van der Waals surface area (Å²) in [6.45, 7) is 2.82. The zero-order valence-corrected chi connectivity index (χ0v) is 19.2. The summed E-state index contributed by atoms with van der Waals surface area (Å²) in [7, 11) is 0. The number of hydrogen-bond acceptors (Lipinski definition) is 5. The molecule has 2 aromatic heterocycles. The lowest BCUT2D eigenvalue weighted by molar-refractivity contribution is 0.102. The highest BCUT2D eigenvalue weighted by Crippen LogP contribution is 2.37. The second-order valence-electron chi connectivity index (χ2n) is 7.78. The highest BCUT2D eigenvalue weighted by atomic mass is 32.1. The number of nitrogens with one attached hydrogen (secondary N) is 2. The van der Waals surface area contributed by atoms with E-state index in [1.54, 1.807) is 30.3 Å². The minimum atomic E-state index is -0.670. The summed E-state index contributed by atoms with van der Waals surface area (Å²) < 4.78 is 5.72. The Hall–Kier alpha value is -3.58. The van der Waals surface area contributed by atoms with Crippen LogP contribution in [0.3, 0.4) is 0 Å². The minimum Gasteiger partial charge on any atom is -0.506 e. The normalized spacial score (nSPS) is 10.9. The third-order valence-corrected chi connectivity index (χ3v) is 6.44. The molecule has 0 atom stereocenters. The van der Waals surface area contributed by atoms with Crippen LogP contribution in [0.5, 0.6) is 11.5 Å². The van der Waals surface area contributed by atoms with Gasteiger partial charge in [-0.2, -0.15) is 0 Å². The number of pyridine rings is 1. The van der Waals surface area contributed by atoms with Crippen LogP contribution in [-0.2, 0) is 0 Å². The Balaban J connectivity index is 1.49. The number of hydrogen-bond donors (Lipinski definition) is 3. The molecule has 1 amide bonds. The Bertz CT molecular complexity index is 1290. The van der Waals surface area contributed by atoms with Crippen molar-refractivity contribution in [1.29, 1.82) is 0 Å². The maximum atomic E-state index is 12.8. The minimum absolute atomic E-state index is 0.309. The van der Waals surface area contributed by atoms with Gasteiger partial charge in [0.05, 0.1) is 12.0 Å². The molecule has 4 aromatic rings. The summed E-state index contributed by atoms with van der Waals surface area (Å²) in [4.78, 5) is 29.5. The van der Waals surface area contributed by atoms with Gasteiger partial charge in [-0.15, -0.1) is 11.3 Å². The van der Waals surface area contributed by atoms with Crippen LogP contribution in [0.25, 0.3) is 20.7 Å². The molecule has 6 nitrogen and oxygen atoms in total. The fraction of sp³-hybridized carbons (Fsp3) is 0.231. The van der Waals surface area contributed by atoms with Gasteiger partial charge in [0.25, 0.3) is 11.5 Å². The molecule has 0 bridgehead atoms. The molecule has 2 aromatic carbocycles. The van der Waals surface area contributed by atoms with Crippen LogP contribution in [0.15, 0.2) is 65.5 Å². The number of aromatic amines is 1. The third-order valence-electron chi connectivity index (χ3n) is 5.34. The molecule has 0 aliphatic heterocycles. The average Bonchev–Trinajstić information content (AvgIpc) is 3.25. The summed E-state index contributed by atoms with van der Waals surface area (Å²) in [6.07, 6.45) is 4.53. The number of aromatic nitrogens is 1. The summed E-state index contributed by atoms with van der Waals surface area (Å²) >= 11 is 1.35. The van der Waals surface area contributed by atoms with Crippen molar-refractivity contribution in [2.24, 2.45) is 0 Å². The van der Waals surface area contributed by atoms with E-state index in [-0.39, 0.29) is 11.3 Å². The zero-order chi connectivity index (χ0) is 23.2. The van der Waals surface area contributed by atoms with Gasteiger partial charge in [-0.3, -0.25) is 9.59 Å². The van der Waals surface area contributed by atoms with Gasteiger partial charge in [0, 0.05) is 10.6 Å². The van der Waals surface area contributed by atoms with Gasteiger partial charge in [0.15, 0.2) is 0 Å². The summed E-state index contributed by atoms with van der Waals surface area (Å²) in [6, 6.07) is 18.4. The van der Waals surface area contributed by atoms with Crippen molar-refractivity contribution >= 4 is 33.1 Å². The van der Waals surface area contributed by atoms with E-state index in [4.69, 9.17) is 4.74 Å². The van der Waals surface area contributed by atoms with Gasteiger partial charge < -0.3 is 20.1 Å². The Morgan fingerprint density at radius 3 is 2.55 bits per heavy atom. The number of H-pyrrole nitrogens is 1. The van der Waals surface area contributed by atoms with E-state index in [1.807, 2.05) is 30.3 Å².